The van der Waals surface area contributed by atoms with Crippen LogP contribution >= 0.6 is 11.8 Å². The van der Waals surface area contributed by atoms with Crippen molar-refractivity contribution in [3.05, 3.63) is 23.8 Å². The smallest absolute Gasteiger partial charge is 0.316 e. The molecule has 2 heterocycles. The van der Waals surface area contributed by atoms with Crippen molar-refractivity contribution >= 4 is 39.8 Å². The van der Waals surface area contributed by atoms with Gasteiger partial charge in [0.05, 0.1) is 12.4 Å². The van der Waals surface area contributed by atoms with Crippen molar-refractivity contribution in [2.24, 2.45) is 0 Å². The summed E-state index contributed by atoms with van der Waals surface area (Å²) < 4.78 is 5.11. The summed E-state index contributed by atoms with van der Waals surface area (Å²) in [6.45, 7) is 4.56. The molecule has 0 aliphatic rings. The van der Waals surface area contributed by atoms with Gasteiger partial charge in [-0.05, 0) is 25.5 Å². The van der Waals surface area contributed by atoms with Gasteiger partial charge in [0.15, 0.2) is 5.65 Å². The predicted octanol–water partition coefficient (Wildman–Crippen LogP) is 3.25. The summed E-state index contributed by atoms with van der Waals surface area (Å²) in [7, 11) is 0. The Morgan fingerprint density at radius 1 is 1.35 bits per heavy atom. The maximum Gasteiger partial charge on any atom is 0.316 e. The summed E-state index contributed by atoms with van der Waals surface area (Å²) in [5.74, 6) is -0.0598. The number of aryl methyl sites for hydroxylation is 1. The quantitative estimate of drug-likeness (QED) is 0.424. The molecular weight excluding hydrogens is 312 g/mol. The van der Waals surface area contributed by atoms with Gasteiger partial charge in [-0.1, -0.05) is 36.7 Å². The Morgan fingerprint density at radius 3 is 3.04 bits per heavy atom. The minimum Gasteiger partial charge on any atom is -0.465 e. The van der Waals surface area contributed by atoms with E-state index in [4.69, 9.17) is 4.74 Å². The van der Waals surface area contributed by atoms with E-state index < -0.39 is 0 Å². The lowest BCUT2D eigenvalue weighted by Crippen LogP contribution is -2.08. The van der Waals surface area contributed by atoms with Crippen molar-refractivity contribution in [1.29, 1.82) is 0 Å². The first-order chi connectivity index (χ1) is 11.2. The molecule has 0 radical (unpaired) electrons. The lowest BCUT2D eigenvalue weighted by molar-refractivity contribution is -0.140. The number of ether oxygens (including phenoxy) is 1. The van der Waals surface area contributed by atoms with Gasteiger partial charge in [0, 0.05) is 10.9 Å². The van der Waals surface area contributed by atoms with E-state index >= 15 is 0 Å². The number of nitrogens with one attached hydrogen (secondary N) is 1. The molecule has 0 spiro atoms. The topological polar surface area (TPSA) is 80.8 Å². The van der Waals surface area contributed by atoms with E-state index in [9.17, 15) is 4.79 Å². The number of aromatic amines is 1. The molecule has 0 amide bonds. The fourth-order valence-electron chi connectivity index (χ4n) is 2.23. The molecule has 1 N–H and O–H groups in total. The number of aromatic nitrogens is 4. The highest BCUT2D eigenvalue weighted by Crippen LogP contribution is 2.24. The molecule has 1 aromatic carbocycles. The largest absolute Gasteiger partial charge is 0.465 e. The van der Waals surface area contributed by atoms with Crippen LogP contribution in [-0.4, -0.2) is 38.5 Å². The Hall–Kier alpha value is -2.15. The molecule has 23 heavy (non-hydrogen) atoms. The molecule has 0 fully saturated rings. The molecule has 0 saturated carbocycles. The second kappa shape index (κ2) is 6.95. The second-order valence-electron chi connectivity index (χ2n) is 5.33. The van der Waals surface area contributed by atoms with Crippen LogP contribution in [-0.2, 0) is 9.53 Å². The van der Waals surface area contributed by atoms with E-state index in [0.29, 0.717) is 17.4 Å². The van der Waals surface area contributed by atoms with Crippen LogP contribution in [0.1, 0.15) is 25.3 Å². The fraction of sp³-hybridized carbons (Fsp3) is 0.375. The third-order valence-corrected chi connectivity index (χ3v) is 4.24. The number of unbranched alkanes of at least 4 members (excludes halogenated alkanes) is 1. The molecule has 0 unspecified atom stereocenters. The number of hydrogen-bond acceptors (Lipinski definition) is 6. The van der Waals surface area contributed by atoms with E-state index in [1.54, 1.807) is 0 Å². The Balaban J connectivity index is 1.73. The molecule has 0 aliphatic heterocycles. The molecule has 0 aliphatic carbocycles. The standard InChI is InChI=1S/C16H18N4O2S/c1-3-4-7-22-13(21)9-23-16-18-15-14(19-20-16)11-8-10(2)5-6-12(11)17-15/h5-6,8H,3-4,7,9H2,1-2H3,(H,17,18,20). The van der Waals surface area contributed by atoms with Gasteiger partial charge >= 0.3 is 5.97 Å². The van der Waals surface area contributed by atoms with Gasteiger partial charge in [-0.3, -0.25) is 4.79 Å². The van der Waals surface area contributed by atoms with Crippen LogP contribution in [0, 0.1) is 6.92 Å². The van der Waals surface area contributed by atoms with Crippen molar-refractivity contribution in [2.45, 2.75) is 31.8 Å². The van der Waals surface area contributed by atoms with Crippen molar-refractivity contribution in [3.63, 3.8) is 0 Å². The predicted molar refractivity (Wildman–Crippen MR) is 90.5 cm³/mol. The fourth-order valence-corrected chi connectivity index (χ4v) is 2.81. The zero-order chi connectivity index (χ0) is 16.2. The van der Waals surface area contributed by atoms with E-state index in [1.807, 2.05) is 19.1 Å². The number of carbonyl (C=O) groups is 1. The number of carbonyl (C=O) groups excluding carboxylic acids is 1. The number of rotatable bonds is 6. The Kier molecular flexibility index (Phi) is 4.76. The van der Waals surface area contributed by atoms with Crippen LogP contribution < -0.4 is 0 Å². The summed E-state index contributed by atoms with van der Waals surface area (Å²) >= 11 is 1.24. The van der Waals surface area contributed by atoms with Gasteiger partial charge < -0.3 is 9.72 Å². The van der Waals surface area contributed by atoms with Crippen molar-refractivity contribution in [2.75, 3.05) is 12.4 Å². The monoisotopic (exact) mass is 330 g/mol. The first kappa shape index (κ1) is 15.7. The number of fused-ring (bicyclic) bond motifs is 3. The number of benzene rings is 1. The number of hydrogen-bond donors (Lipinski definition) is 1. The van der Waals surface area contributed by atoms with Crippen LogP contribution in [0.2, 0.25) is 0 Å². The van der Waals surface area contributed by atoms with Crippen LogP contribution in [0.5, 0.6) is 0 Å². The van der Waals surface area contributed by atoms with Gasteiger partial charge in [0.2, 0.25) is 5.16 Å². The van der Waals surface area contributed by atoms with Crippen LogP contribution in [0.15, 0.2) is 23.4 Å². The van der Waals surface area contributed by atoms with E-state index in [1.165, 1.54) is 11.8 Å². The highest BCUT2D eigenvalue weighted by atomic mass is 32.2. The molecule has 2 aromatic heterocycles. The van der Waals surface area contributed by atoms with Crippen molar-refractivity contribution < 1.29 is 9.53 Å². The Bertz CT molecular complexity index is 847. The third kappa shape index (κ3) is 3.61. The van der Waals surface area contributed by atoms with Crippen molar-refractivity contribution in [1.82, 2.24) is 20.2 Å². The third-order valence-electron chi connectivity index (χ3n) is 3.43. The summed E-state index contributed by atoms with van der Waals surface area (Å²) in [5, 5.41) is 9.82. The second-order valence-corrected chi connectivity index (χ2v) is 6.27. The first-order valence-corrected chi connectivity index (χ1v) is 8.57. The Morgan fingerprint density at radius 2 is 2.22 bits per heavy atom. The minimum atomic E-state index is -0.251. The SMILES string of the molecule is CCCCOC(=O)CSc1nnc2c(n1)[nH]c1ccc(C)cc12. The van der Waals surface area contributed by atoms with E-state index in [0.717, 1.165) is 34.8 Å². The first-order valence-electron chi connectivity index (χ1n) is 7.58. The number of H-pyrrole nitrogens is 1. The zero-order valence-corrected chi connectivity index (χ0v) is 13.9. The number of thioether (sulfide) groups is 1. The van der Waals surface area contributed by atoms with Crippen LogP contribution in [0.25, 0.3) is 22.1 Å². The molecule has 0 atom stereocenters. The maximum absolute atomic E-state index is 11.6. The maximum atomic E-state index is 11.6. The highest BCUT2D eigenvalue weighted by molar-refractivity contribution is 7.99. The van der Waals surface area contributed by atoms with Gasteiger partial charge in [0.1, 0.15) is 5.52 Å². The van der Waals surface area contributed by atoms with E-state index in [-0.39, 0.29) is 11.7 Å². The molecule has 0 bridgehead atoms. The molecule has 7 heteroatoms. The molecule has 6 nitrogen and oxygen atoms in total. The number of esters is 1. The molecule has 120 valence electrons. The van der Waals surface area contributed by atoms with Gasteiger partial charge in [0.25, 0.3) is 0 Å². The summed E-state index contributed by atoms with van der Waals surface area (Å²) in [5.41, 5.74) is 3.57. The summed E-state index contributed by atoms with van der Waals surface area (Å²) in [4.78, 5) is 19.3. The van der Waals surface area contributed by atoms with Crippen LogP contribution in [0.4, 0.5) is 0 Å². The lowest BCUT2D eigenvalue weighted by atomic mass is 10.2. The normalized spacial score (nSPS) is 11.2. The van der Waals surface area contributed by atoms with Gasteiger partial charge in [-0.25, -0.2) is 4.98 Å². The Labute approximate surface area is 138 Å². The molecular formula is C16H18N4O2S. The van der Waals surface area contributed by atoms with Gasteiger partial charge in [-0.15, -0.1) is 10.2 Å². The highest BCUT2D eigenvalue weighted by Gasteiger charge is 2.11. The molecule has 0 saturated heterocycles. The van der Waals surface area contributed by atoms with E-state index in [2.05, 4.69) is 33.2 Å². The van der Waals surface area contributed by atoms with Gasteiger partial charge in [-0.2, -0.15) is 0 Å². The average molecular weight is 330 g/mol. The van der Waals surface area contributed by atoms with Crippen molar-refractivity contribution in [3.8, 4) is 0 Å². The zero-order valence-electron chi connectivity index (χ0n) is 13.1. The average Bonchev–Trinajstić information content (AvgIpc) is 2.90. The molecule has 3 rings (SSSR count). The summed E-state index contributed by atoms with van der Waals surface area (Å²) in [6.07, 6.45) is 1.89. The summed E-state index contributed by atoms with van der Waals surface area (Å²) in [6, 6.07) is 6.10. The lowest BCUT2D eigenvalue weighted by Gasteiger charge is -2.02. The minimum absolute atomic E-state index is 0.191. The number of nitrogens with zero attached hydrogens (tertiary/aromatic N) is 3. The molecule has 3 aromatic rings. The van der Waals surface area contributed by atoms with Crippen LogP contribution in [0.3, 0.4) is 0 Å².